The molecule has 1 unspecified atom stereocenters. The summed E-state index contributed by atoms with van der Waals surface area (Å²) >= 11 is 0. The zero-order valence-electron chi connectivity index (χ0n) is 11.2. The fraction of sp³-hybridized carbons (Fsp3) is 0.769. The molecule has 1 aliphatic carbocycles. The van der Waals surface area contributed by atoms with Gasteiger partial charge in [-0.25, -0.2) is 9.67 Å². The molecule has 1 saturated carbocycles. The van der Waals surface area contributed by atoms with Crippen molar-refractivity contribution in [1.82, 2.24) is 25.0 Å². The molecule has 1 aliphatic heterocycles. The van der Waals surface area contributed by atoms with Gasteiger partial charge in [0.1, 0.15) is 19.2 Å². The Morgan fingerprint density at radius 2 is 2.26 bits per heavy atom. The molecule has 1 atom stereocenters. The van der Waals surface area contributed by atoms with Gasteiger partial charge in [0.25, 0.3) is 0 Å². The van der Waals surface area contributed by atoms with E-state index in [0.29, 0.717) is 12.6 Å². The van der Waals surface area contributed by atoms with E-state index < -0.39 is 0 Å². The van der Waals surface area contributed by atoms with E-state index in [9.17, 15) is 4.79 Å². The van der Waals surface area contributed by atoms with Crippen molar-refractivity contribution in [2.45, 2.75) is 38.3 Å². The van der Waals surface area contributed by atoms with E-state index in [2.05, 4.69) is 15.4 Å². The van der Waals surface area contributed by atoms with Gasteiger partial charge in [-0.2, -0.15) is 5.10 Å². The summed E-state index contributed by atoms with van der Waals surface area (Å²) in [5, 5.41) is 7.47. The number of hydrogen-bond donors (Lipinski definition) is 1. The zero-order chi connectivity index (χ0) is 13.1. The lowest BCUT2D eigenvalue weighted by atomic mass is 10.2. The number of nitrogens with zero attached hydrogens (tertiary/aromatic N) is 4. The summed E-state index contributed by atoms with van der Waals surface area (Å²) in [7, 11) is 0. The van der Waals surface area contributed by atoms with Crippen LogP contribution in [0.2, 0.25) is 0 Å². The number of rotatable bonds is 6. The standard InChI is InChI=1S/C13H21N5O/c19-13(8-18-10-14-9-16-18)17(6-11-3-4-11)7-12-2-1-5-15-12/h9-12,15H,1-8H2. The minimum absolute atomic E-state index is 0.158. The summed E-state index contributed by atoms with van der Waals surface area (Å²) in [5.41, 5.74) is 0. The van der Waals surface area contributed by atoms with E-state index in [1.54, 1.807) is 11.0 Å². The van der Waals surface area contributed by atoms with Crippen LogP contribution in [-0.4, -0.2) is 51.2 Å². The zero-order valence-corrected chi connectivity index (χ0v) is 11.2. The second-order valence-corrected chi connectivity index (χ2v) is 5.63. The number of nitrogens with one attached hydrogen (secondary N) is 1. The third-order valence-electron chi connectivity index (χ3n) is 3.90. The maximum atomic E-state index is 12.4. The van der Waals surface area contributed by atoms with Crippen LogP contribution in [0.4, 0.5) is 0 Å². The lowest BCUT2D eigenvalue weighted by molar-refractivity contribution is -0.132. The first-order valence-electron chi connectivity index (χ1n) is 7.15. The van der Waals surface area contributed by atoms with E-state index in [4.69, 9.17) is 0 Å². The van der Waals surface area contributed by atoms with Crippen molar-refractivity contribution in [2.75, 3.05) is 19.6 Å². The third kappa shape index (κ3) is 3.53. The summed E-state index contributed by atoms with van der Waals surface area (Å²) in [6.45, 7) is 3.13. The molecule has 0 aromatic carbocycles. The van der Waals surface area contributed by atoms with Gasteiger partial charge in [0.15, 0.2) is 0 Å². The molecule has 0 spiro atoms. The molecule has 1 amide bonds. The van der Waals surface area contributed by atoms with E-state index in [1.807, 2.05) is 4.90 Å². The largest absolute Gasteiger partial charge is 0.339 e. The molecule has 6 heteroatoms. The summed E-state index contributed by atoms with van der Waals surface area (Å²) in [4.78, 5) is 18.3. The first kappa shape index (κ1) is 12.6. The minimum atomic E-state index is 0.158. The summed E-state index contributed by atoms with van der Waals surface area (Å²) in [6.07, 6.45) is 8.01. The van der Waals surface area contributed by atoms with Gasteiger partial charge < -0.3 is 10.2 Å². The van der Waals surface area contributed by atoms with Crippen LogP contribution in [0.5, 0.6) is 0 Å². The number of amides is 1. The van der Waals surface area contributed by atoms with Gasteiger partial charge >= 0.3 is 0 Å². The highest BCUT2D eigenvalue weighted by Crippen LogP contribution is 2.30. The molecule has 1 aromatic rings. The molecule has 19 heavy (non-hydrogen) atoms. The molecule has 1 aromatic heterocycles. The molecule has 104 valence electrons. The first-order chi connectivity index (χ1) is 9.31. The van der Waals surface area contributed by atoms with E-state index in [-0.39, 0.29) is 5.91 Å². The van der Waals surface area contributed by atoms with Gasteiger partial charge in [0.2, 0.25) is 5.91 Å². The molecule has 2 fully saturated rings. The molecule has 6 nitrogen and oxygen atoms in total. The van der Waals surface area contributed by atoms with Crippen molar-refractivity contribution >= 4 is 5.91 Å². The highest BCUT2D eigenvalue weighted by Gasteiger charge is 2.29. The summed E-state index contributed by atoms with van der Waals surface area (Å²) in [6, 6.07) is 0.471. The molecule has 3 rings (SSSR count). The lowest BCUT2D eigenvalue weighted by Crippen LogP contribution is -2.43. The molecule has 2 heterocycles. The maximum absolute atomic E-state index is 12.4. The van der Waals surface area contributed by atoms with Gasteiger partial charge in [0, 0.05) is 19.1 Å². The predicted molar refractivity (Wildman–Crippen MR) is 70.4 cm³/mol. The highest BCUT2D eigenvalue weighted by molar-refractivity contribution is 5.76. The van der Waals surface area contributed by atoms with Gasteiger partial charge in [-0.1, -0.05) is 0 Å². The molecule has 0 bridgehead atoms. The van der Waals surface area contributed by atoms with Crippen molar-refractivity contribution in [2.24, 2.45) is 5.92 Å². The molecular formula is C13H21N5O. The number of hydrogen-bond acceptors (Lipinski definition) is 4. The van der Waals surface area contributed by atoms with Crippen LogP contribution in [0.3, 0.4) is 0 Å². The number of carbonyl (C=O) groups is 1. The summed E-state index contributed by atoms with van der Waals surface area (Å²) in [5.74, 6) is 0.882. The average molecular weight is 263 g/mol. The number of aromatic nitrogens is 3. The van der Waals surface area contributed by atoms with Crippen LogP contribution in [0, 0.1) is 5.92 Å². The monoisotopic (exact) mass is 263 g/mol. The van der Waals surface area contributed by atoms with E-state index in [0.717, 1.165) is 25.6 Å². The fourth-order valence-corrected chi connectivity index (χ4v) is 2.62. The molecule has 2 aliphatic rings. The second kappa shape index (κ2) is 5.69. The Morgan fingerprint density at radius 3 is 2.89 bits per heavy atom. The van der Waals surface area contributed by atoms with Crippen LogP contribution in [-0.2, 0) is 11.3 Å². The van der Waals surface area contributed by atoms with E-state index >= 15 is 0 Å². The van der Waals surface area contributed by atoms with Crippen LogP contribution in [0.15, 0.2) is 12.7 Å². The lowest BCUT2D eigenvalue weighted by Gasteiger charge is -2.26. The Labute approximate surface area is 113 Å². The summed E-state index contributed by atoms with van der Waals surface area (Å²) < 4.78 is 1.60. The van der Waals surface area contributed by atoms with Gasteiger partial charge in [-0.05, 0) is 38.1 Å². The molecular weight excluding hydrogens is 242 g/mol. The molecule has 0 radical (unpaired) electrons. The maximum Gasteiger partial charge on any atom is 0.244 e. The van der Waals surface area contributed by atoms with Gasteiger partial charge in [-0.15, -0.1) is 0 Å². The van der Waals surface area contributed by atoms with Gasteiger partial charge in [-0.3, -0.25) is 4.79 Å². The predicted octanol–water partition coefficient (Wildman–Crippen LogP) is 0.269. The van der Waals surface area contributed by atoms with Crippen molar-refractivity contribution in [1.29, 1.82) is 0 Å². The highest BCUT2D eigenvalue weighted by atomic mass is 16.2. The van der Waals surface area contributed by atoms with Gasteiger partial charge in [0.05, 0.1) is 0 Å². The van der Waals surface area contributed by atoms with Crippen molar-refractivity contribution in [3.8, 4) is 0 Å². The topological polar surface area (TPSA) is 63.1 Å². The molecule has 1 saturated heterocycles. The van der Waals surface area contributed by atoms with Crippen molar-refractivity contribution in [3.05, 3.63) is 12.7 Å². The average Bonchev–Trinajstić information content (AvgIpc) is 2.88. The van der Waals surface area contributed by atoms with Crippen molar-refractivity contribution in [3.63, 3.8) is 0 Å². The van der Waals surface area contributed by atoms with Crippen LogP contribution >= 0.6 is 0 Å². The Hall–Kier alpha value is -1.43. The minimum Gasteiger partial charge on any atom is -0.339 e. The van der Waals surface area contributed by atoms with Crippen LogP contribution in [0.25, 0.3) is 0 Å². The van der Waals surface area contributed by atoms with Crippen LogP contribution in [0.1, 0.15) is 25.7 Å². The third-order valence-corrected chi connectivity index (χ3v) is 3.90. The van der Waals surface area contributed by atoms with E-state index in [1.165, 1.54) is 32.0 Å². The Balaban J connectivity index is 1.58. The SMILES string of the molecule is O=C(Cn1cncn1)N(CC1CC1)CC1CCCN1. The van der Waals surface area contributed by atoms with Crippen LogP contribution < -0.4 is 5.32 Å². The molecule has 1 N–H and O–H groups in total. The Morgan fingerprint density at radius 1 is 1.37 bits per heavy atom. The normalized spacial score (nSPS) is 22.6. The van der Waals surface area contributed by atoms with Crippen molar-refractivity contribution < 1.29 is 4.79 Å². The fourth-order valence-electron chi connectivity index (χ4n) is 2.62. The second-order valence-electron chi connectivity index (χ2n) is 5.63. The number of carbonyl (C=O) groups excluding carboxylic acids is 1. The Bertz CT molecular complexity index is 409. The smallest absolute Gasteiger partial charge is 0.244 e. The quantitative estimate of drug-likeness (QED) is 0.800. The first-order valence-corrected chi connectivity index (χ1v) is 7.15. The Kier molecular flexibility index (Phi) is 3.77.